The van der Waals surface area contributed by atoms with Crippen molar-refractivity contribution in [2.75, 3.05) is 19.6 Å². The largest absolute Gasteiger partial charge is 0.524 e. The molecule has 8 N–H and O–H groups in total. The van der Waals surface area contributed by atoms with E-state index in [1.165, 1.54) is 48.2 Å². The van der Waals surface area contributed by atoms with Crippen molar-refractivity contribution >= 4 is 43.3 Å². The fourth-order valence-corrected chi connectivity index (χ4v) is 4.76. The Morgan fingerprint density at radius 3 is 2.09 bits per heavy atom. The number of phosphoric acid groups is 1. The van der Waals surface area contributed by atoms with Crippen LogP contribution in [0.15, 0.2) is 49.6 Å². The van der Waals surface area contributed by atoms with E-state index < -0.39 is 67.9 Å². The van der Waals surface area contributed by atoms with Crippen molar-refractivity contribution in [3.05, 3.63) is 55.1 Å². The Labute approximate surface area is 273 Å². The van der Waals surface area contributed by atoms with Gasteiger partial charge in [0.15, 0.2) is 0 Å². The highest BCUT2D eigenvalue weighted by Gasteiger charge is 2.32. The number of nitrogens with zero attached hydrogens (tertiary/aromatic N) is 1. The molecule has 1 rings (SSSR count). The topological polar surface area (TPSA) is 247 Å². The number of carbonyl (C=O) groups is 6. The lowest BCUT2D eigenvalue weighted by atomic mass is 10.0. The van der Waals surface area contributed by atoms with Crippen molar-refractivity contribution in [3.8, 4) is 5.75 Å². The Kier molecular flexibility index (Phi) is 17.1. The van der Waals surface area contributed by atoms with Crippen LogP contribution in [0.25, 0.3) is 0 Å². The SMILES string of the molecule is C=CCNC(=O)[C@H](CC(C)C)NC(=O)CNC(=O)[C@H](CCC(N)=O)NC(=O)[C@H](Cc1ccc(OP(=O)(O)O)cc1)N(CC=C)C(C)=O. The number of phosphoric ester groups is 1. The molecule has 260 valence electrons. The van der Waals surface area contributed by atoms with Gasteiger partial charge in [0, 0.05) is 32.9 Å². The molecule has 3 atom stereocenters. The van der Waals surface area contributed by atoms with Crippen LogP contribution in [0.1, 0.15) is 45.6 Å². The van der Waals surface area contributed by atoms with Crippen molar-refractivity contribution in [2.24, 2.45) is 11.7 Å². The summed E-state index contributed by atoms with van der Waals surface area (Å²) in [4.78, 5) is 95.3. The van der Waals surface area contributed by atoms with Crippen LogP contribution in [0.5, 0.6) is 5.75 Å². The fourth-order valence-electron chi connectivity index (χ4n) is 4.36. The maximum atomic E-state index is 13.6. The molecular weight excluding hydrogens is 635 g/mol. The third kappa shape index (κ3) is 16.0. The minimum Gasteiger partial charge on any atom is -0.404 e. The molecule has 16 nitrogen and oxygen atoms in total. The average molecular weight is 681 g/mol. The molecule has 0 heterocycles. The summed E-state index contributed by atoms with van der Waals surface area (Å²) in [7, 11) is -4.80. The zero-order valence-corrected chi connectivity index (χ0v) is 27.7. The van der Waals surface area contributed by atoms with Gasteiger partial charge in [-0.15, -0.1) is 13.2 Å². The van der Waals surface area contributed by atoms with E-state index in [-0.39, 0.29) is 44.0 Å². The smallest absolute Gasteiger partial charge is 0.404 e. The summed E-state index contributed by atoms with van der Waals surface area (Å²) < 4.78 is 15.7. The van der Waals surface area contributed by atoms with Gasteiger partial charge >= 0.3 is 7.82 Å². The van der Waals surface area contributed by atoms with E-state index in [0.29, 0.717) is 12.0 Å². The number of amides is 6. The highest BCUT2D eigenvalue weighted by molar-refractivity contribution is 7.46. The molecule has 0 aliphatic heterocycles. The first-order valence-electron chi connectivity index (χ1n) is 14.7. The Morgan fingerprint density at radius 2 is 1.57 bits per heavy atom. The number of carbonyl (C=O) groups excluding carboxylic acids is 6. The van der Waals surface area contributed by atoms with E-state index >= 15 is 0 Å². The van der Waals surface area contributed by atoms with Gasteiger partial charge in [0.05, 0.1) is 6.54 Å². The first kappa shape index (κ1) is 40.5. The van der Waals surface area contributed by atoms with Gasteiger partial charge in [-0.05, 0) is 36.5 Å². The third-order valence-electron chi connectivity index (χ3n) is 6.50. The number of nitrogens with two attached hydrogens (primary N) is 1. The molecule has 0 aromatic heterocycles. The highest BCUT2D eigenvalue weighted by atomic mass is 31.2. The lowest BCUT2D eigenvalue weighted by molar-refractivity contribution is -0.139. The number of nitrogens with one attached hydrogen (secondary N) is 4. The summed E-state index contributed by atoms with van der Waals surface area (Å²) in [5, 5.41) is 10.1. The quantitative estimate of drug-likeness (QED) is 0.0666. The monoisotopic (exact) mass is 680 g/mol. The summed E-state index contributed by atoms with van der Waals surface area (Å²) in [5.74, 6) is -3.99. The average Bonchev–Trinajstić information content (AvgIpc) is 2.97. The molecule has 6 amide bonds. The standard InChI is InChI=1S/C30H45N6O10P/c1-6-14-32-29(41)24(16-19(3)4)34-27(39)18-33-28(40)23(12-13-26(31)38)35-30(42)25(36(15-7-2)20(5)37)17-21-8-10-22(11-9-21)46-47(43,44)45/h6-11,19,23-25H,1-2,12-18H2,3-5H3,(H2,31,38)(H,32,41)(H,33,40)(H,34,39)(H,35,42)(H2,43,44,45)/t23-,24-,25-/m0/s1. The molecule has 17 heteroatoms. The van der Waals surface area contributed by atoms with Crippen LogP contribution >= 0.6 is 7.82 Å². The normalized spacial score (nSPS) is 12.9. The summed E-state index contributed by atoms with van der Waals surface area (Å²) in [6.45, 7) is 11.8. The molecule has 47 heavy (non-hydrogen) atoms. The minimum absolute atomic E-state index is 0.0386. The molecule has 1 aromatic carbocycles. The van der Waals surface area contributed by atoms with E-state index in [0.717, 1.165) is 0 Å². The van der Waals surface area contributed by atoms with Gasteiger partial charge in [-0.25, -0.2) is 4.57 Å². The number of rotatable bonds is 21. The molecule has 0 saturated heterocycles. The van der Waals surface area contributed by atoms with Gasteiger partial charge in [-0.3, -0.25) is 38.6 Å². The Balaban J connectivity index is 3.16. The van der Waals surface area contributed by atoms with Crippen LogP contribution in [0, 0.1) is 5.92 Å². The van der Waals surface area contributed by atoms with Crippen LogP contribution in [0.2, 0.25) is 0 Å². The van der Waals surface area contributed by atoms with Crippen LogP contribution in [0.3, 0.4) is 0 Å². The third-order valence-corrected chi connectivity index (χ3v) is 6.95. The molecule has 0 saturated carbocycles. The molecular formula is C30H45N6O10P. The minimum atomic E-state index is -4.80. The number of benzene rings is 1. The van der Waals surface area contributed by atoms with Gasteiger partial charge < -0.3 is 36.4 Å². The molecule has 1 aromatic rings. The lowest BCUT2D eigenvalue weighted by Crippen LogP contribution is -2.56. The van der Waals surface area contributed by atoms with Crippen LogP contribution < -0.4 is 31.5 Å². The Bertz CT molecular complexity index is 1330. The van der Waals surface area contributed by atoms with Crippen molar-refractivity contribution in [3.63, 3.8) is 0 Å². The van der Waals surface area contributed by atoms with E-state index in [1.807, 2.05) is 13.8 Å². The molecule has 0 aliphatic rings. The number of hydrogen-bond acceptors (Lipinski definition) is 8. The molecule has 0 radical (unpaired) electrons. The molecule has 0 spiro atoms. The van der Waals surface area contributed by atoms with Crippen LogP contribution in [-0.4, -0.2) is 87.9 Å². The molecule has 0 fully saturated rings. The Hall–Kier alpha value is -4.53. The van der Waals surface area contributed by atoms with Gasteiger partial charge in [-0.2, -0.15) is 0 Å². The zero-order chi connectivity index (χ0) is 35.7. The van der Waals surface area contributed by atoms with Crippen LogP contribution in [-0.2, 0) is 39.8 Å². The first-order valence-corrected chi connectivity index (χ1v) is 16.3. The number of primary amides is 1. The summed E-state index contributed by atoms with van der Waals surface area (Å²) in [5.41, 5.74) is 5.75. The van der Waals surface area contributed by atoms with E-state index in [2.05, 4.69) is 38.9 Å². The zero-order valence-electron chi connectivity index (χ0n) is 26.8. The van der Waals surface area contributed by atoms with E-state index in [1.54, 1.807) is 0 Å². The highest BCUT2D eigenvalue weighted by Crippen LogP contribution is 2.37. The maximum absolute atomic E-state index is 13.6. The predicted molar refractivity (Wildman–Crippen MR) is 172 cm³/mol. The van der Waals surface area contributed by atoms with Crippen LogP contribution in [0.4, 0.5) is 0 Å². The first-order chi connectivity index (χ1) is 22.0. The summed E-state index contributed by atoms with van der Waals surface area (Å²) in [6.07, 6.45) is 2.62. The second kappa shape index (κ2) is 19.9. The summed E-state index contributed by atoms with van der Waals surface area (Å²) >= 11 is 0. The second-order valence-corrected chi connectivity index (χ2v) is 12.1. The molecule has 0 aliphatic carbocycles. The van der Waals surface area contributed by atoms with Gasteiger partial charge in [-0.1, -0.05) is 38.1 Å². The fraction of sp³-hybridized carbons (Fsp3) is 0.467. The predicted octanol–water partition coefficient (Wildman–Crippen LogP) is -0.197. The van der Waals surface area contributed by atoms with Crippen molar-refractivity contribution in [2.45, 2.75) is 64.6 Å². The summed E-state index contributed by atoms with van der Waals surface area (Å²) in [6, 6.07) is 2.03. The van der Waals surface area contributed by atoms with E-state index in [4.69, 9.17) is 15.5 Å². The van der Waals surface area contributed by atoms with Crippen molar-refractivity contribution < 1.29 is 47.6 Å². The van der Waals surface area contributed by atoms with Gasteiger partial charge in [0.1, 0.15) is 23.9 Å². The lowest BCUT2D eigenvalue weighted by Gasteiger charge is -2.31. The number of hydrogen-bond donors (Lipinski definition) is 7. The maximum Gasteiger partial charge on any atom is 0.524 e. The molecule has 0 bridgehead atoms. The molecule has 0 unspecified atom stereocenters. The second-order valence-electron chi connectivity index (χ2n) is 11.0. The Morgan fingerprint density at radius 1 is 0.957 bits per heavy atom. The van der Waals surface area contributed by atoms with Crippen molar-refractivity contribution in [1.82, 2.24) is 26.2 Å². The van der Waals surface area contributed by atoms with E-state index in [9.17, 15) is 33.3 Å². The van der Waals surface area contributed by atoms with Gasteiger partial charge in [0.25, 0.3) is 0 Å². The van der Waals surface area contributed by atoms with Gasteiger partial charge in [0.2, 0.25) is 35.4 Å². The van der Waals surface area contributed by atoms with Crippen molar-refractivity contribution in [1.29, 1.82) is 0 Å².